The van der Waals surface area contributed by atoms with E-state index in [4.69, 9.17) is 4.74 Å². The molecular weight excluding hydrogens is 262 g/mol. The molecule has 0 unspecified atom stereocenters. The molecule has 2 aromatic heterocycles. The van der Waals surface area contributed by atoms with Gasteiger partial charge in [-0.25, -0.2) is 4.98 Å². The first-order valence-corrected chi connectivity index (χ1v) is 7.03. The minimum Gasteiger partial charge on any atom is -0.491 e. The van der Waals surface area contributed by atoms with Crippen molar-refractivity contribution in [1.82, 2.24) is 14.5 Å². The van der Waals surface area contributed by atoms with E-state index in [9.17, 15) is 0 Å². The van der Waals surface area contributed by atoms with E-state index >= 15 is 0 Å². The van der Waals surface area contributed by atoms with Crippen molar-refractivity contribution < 1.29 is 4.74 Å². The molecule has 3 aromatic rings. The van der Waals surface area contributed by atoms with Crippen molar-refractivity contribution in [2.45, 2.75) is 13.5 Å². The van der Waals surface area contributed by atoms with Crippen molar-refractivity contribution in [3.63, 3.8) is 0 Å². The summed E-state index contributed by atoms with van der Waals surface area (Å²) in [5.41, 5.74) is 4.27. The summed E-state index contributed by atoms with van der Waals surface area (Å²) in [5.74, 6) is 1.86. The number of hydrogen-bond acceptors (Lipinski definition) is 3. The highest BCUT2D eigenvalue weighted by Crippen LogP contribution is 2.34. The van der Waals surface area contributed by atoms with Crippen LogP contribution in [0.25, 0.3) is 22.5 Å². The lowest BCUT2D eigenvalue weighted by Gasteiger charge is -2.09. The zero-order chi connectivity index (χ0) is 14.2. The summed E-state index contributed by atoms with van der Waals surface area (Å²) in [6.07, 6.45) is 5.72. The largest absolute Gasteiger partial charge is 0.491 e. The van der Waals surface area contributed by atoms with E-state index < -0.39 is 0 Å². The van der Waals surface area contributed by atoms with Crippen LogP contribution in [-0.2, 0) is 6.54 Å². The number of imidazole rings is 1. The molecule has 3 heterocycles. The van der Waals surface area contributed by atoms with E-state index in [2.05, 4.69) is 38.8 Å². The molecular formula is C17H15N3O. The Bertz CT molecular complexity index is 790. The van der Waals surface area contributed by atoms with Crippen molar-refractivity contribution in [2.75, 3.05) is 6.61 Å². The molecule has 1 aromatic carbocycles. The predicted octanol–water partition coefficient (Wildman–Crippen LogP) is 3.31. The van der Waals surface area contributed by atoms with Gasteiger partial charge in [0.25, 0.3) is 0 Å². The first-order valence-electron chi connectivity index (χ1n) is 7.03. The predicted molar refractivity (Wildman–Crippen MR) is 81.1 cm³/mol. The zero-order valence-corrected chi connectivity index (χ0v) is 11.8. The Morgan fingerprint density at radius 3 is 2.86 bits per heavy atom. The molecule has 1 aliphatic rings. The van der Waals surface area contributed by atoms with Crippen LogP contribution in [0.2, 0.25) is 0 Å². The van der Waals surface area contributed by atoms with Crippen LogP contribution in [-0.4, -0.2) is 21.1 Å². The Kier molecular flexibility index (Phi) is 2.74. The van der Waals surface area contributed by atoms with Crippen LogP contribution in [0.15, 0.2) is 48.9 Å². The van der Waals surface area contributed by atoms with Gasteiger partial charge in [-0.15, -0.1) is 0 Å². The van der Waals surface area contributed by atoms with Gasteiger partial charge in [0.15, 0.2) is 0 Å². The molecule has 4 nitrogen and oxygen atoms in total. The fourth-order valence-corrected chi connectivity index (χ4v) is 2.63. The number of fused-ring (bicyclic) bond motifs is 3. The van der Waals surface area contributed by atoms with Gasteiger partial charge in [0.05, 0.1) is 12.1 Å². The number of rotatable bonds is 1. The topological polar surface area (TPSA) is 39.9 Å². The average Bonchev–Trinajstić information content (AvgIpc) is 2.90. The second-order valence-electron chi connectivity index (χ2n) is 5.19. The van der Waals surface area contributed by atoms with Crippen molar-refractivity contribution in [3.05, 3.63) is 54.6 Å². The van der Waals surface area contributed by atoms with Gasteiger partial charge in [0, 0.05) is 29.8 Å². The minimum atomic E-state index is 0.659. The maximum atomic E-state index is 5.89. The molecule has 21 heavy (non-hydrogen) atoms. The van der Waals surface area contributed by atoms with E-state index in [1.807, 2.05) is 31.6 Å². The molecule has 0 atom stereocenters. The molecule has 4 heteroatoms. The average molecular weight is 277 g/mol. The highest BCUT2D eigenvalue weighted by atomic mass is 16.5. The standard InChI is InChI=1S/C17H15N3O/c1-12-2-3-14(11-19-12)13-4-5-15-16(10-13)21-9-8-20-7-6-18-17(15)20/h2-7,10-11H,8-9H2,1H3. The van der Waals surface area contributed by atoms with Gasteiger partial charge < -0.3 is 9.30 Å². The lowest BCUT2D eigenvalue weighted by atomic mass is 10.0. The van der Waals surface area contributed by atoms with Crippen molar-refractivity contribution in [3.8, 4) is 28.3 Å². The molecule has 4 rings (SSSR count). The van der Waals surface area contributed by atoms with Gasteiger partial charge in [-0.05, 0) is 30.7 Å². The van der Waals surface area contributed by atoms with Gasteiger partial charge in [-0.3, -0.25) is 4.98 Å². The first kappa shape index (κ1) is 12.1. The van der Waals surface area contributed by atoms with Crippen molar-refractivity contribution in [1.29, 1.82) is 0 Å². The number of nitrogens with zero attached hydrogens (tertiary/aromatic N) is 3. The third kappa shape index (κ3) is 2.09. The summed E-state index contributed by atoms with van der Waals surface area (Å²) < 4.78 is 8.02. The number of ether oxygens (including phenoxy) is 1. The number of pyridine rings is 1. The lowest BCUT2D eigenvalue weighted by Crippen LogP contribution is -2.04. The smallest absolute Gasteiger partial charge is 0.143 e. The first-order chi connectivity index (χ1) is 10.3. The normalized spacial score (nSPS) is 13.0. The van der Waals surface area contributed by atoms with Gasteiger partial charge in [0.2, 0.25) is 0 Å². The monoisotopic (exact) mass is 277 g/mol. The van der Waals surface area contributed by atoms with E-state index in [0.29, 0.717) is 6.61 Å². The van der Waals surface area contributed by atoms with E-state index in [-0.39, 0.29) is 0 Å². The van der Waals surface area contributed by atoms with Crippen LogP contribution in [0.1, 0.15) is 5.69 Å². The van der Waals surface area contributed by atoms with Crippen molar-refractivity contribution in [2.24, 2.45) is 0 Å². The molecule has 0 saturated carbocycles. The summed E-state index contributed by atoms with van der Waals surface area (Å²) in [5, 5.41) is 0. The number of benzene rings is 1. The number of hydrogen-bond donors (Lipinski definition) is 0. The Morgan fingerprint density at radius 2 is 2.00 bits per heavy atom. The van der Waals surface area contributed by atoms with E-state index in [0.717, 1.165) is 40.5 Å². The van der Waals surface area contributed by atoms with E-state index in [1.165, 1.54) is 0 Å². The van der Waals surface area contributed by atoms with Gasteiger partial charge in [-0.2, -0.15) is 0 Å². The molecule has 0 N–H and O–H groups in total. The molecule has 0 bridgehead atoms. The summed E-state index contributed by atoms with van der Waals surface area (Å²) in [7, 11) is 0. The van der Waals surface area contributed by atoms with Gasteiger partial charge in [-0.1, -0.05) is 12.1 Å². The summed E-state index contributed by atoms with van der Waals surface area (Å²) in [4.78, 5) is 8.80. The van der Waals surface area contributed by atoms with Crippen LogP contribution in [0, 0.1) is 6.92 Å². The molecule has 0 saturated heterocycles. The summed E-state index contributed by atoms with van der Waals surface area (Å²) >= 11 is 0. The molecule has 104 valence electrons. The molecule has 0 radical (unpaired) electrons. The lowest BCUT2D eigenvalue weighted by molar-refractivity contribution is 0.307. The summed E-state index contributed by atoms with van der Waals surface area (Å²) in [6, 6.07) is 10.4. The van der Waals surface area contributed by atoms with E-state index in [1.54, 1.807) is 0 Å². The quantitative estimate of drug-likeness (QED) is 0.685. The van der Waals surface area contributed by atoms with Crippen LogP contribution in [0.5, 0.6) is 5.75 Å². The van der Waals surface area contributed by atoms with Crippen LogP contribution in [0.4, 0.5) is 0 Å². The third-order valence-electron chi connectivity index (χ3n) is 3.77. The number of aromatic nitrogens is 3. The maximum absolute atomic E-state index is 5.89. The second-order valence-corrected chi connectivity index (χ2v) is 5.19. The molecule has 0 aliphatic carbocycles. The Morgan fingerprint density at radius 1 is 1.10 bits per heavy atom. The maximum Gasteiger partial charge on any atom is 0.143 e. The SMILES string of the molecule is Cc1ccc(-c2ccc3c(c2)OCCn2ccnc2-3)cn1. The summed E-state index contributed by atoms with van der Waals surface area (Å²) in [6.45, 7) is 3.47. The van der Waals surface area contributed by atoms with Crippen LogP contribution < -0.4 is 4.74 Å². The molecule has 0 fully saturated rings. The highest BCUT2D eigenvalue weighted by molar-refractivity contribution is 5.73. The zero-order valence-electron chi connectivity index (χ0n) is 11.8. The Labute approximate surface area is 123 Å². The van der Waals surface area contributed by atoms with Crippen LogP contribution in [0.3, 0.4) is 0 Å². The third-order valence-corrected chi connectivity index (χ3v) is 3.77. The number of aryl methyl sites for hydroxylation is 1. The Hall–Kier alpha value is -2.62. The fraction of sp³-hybridized carbons (Fsp3) is 0.176. The Balaban J connectivity index is 1.82. The fourth-order valence-electron chi connectivity index (χ4n) is 2.63. The second kappa shape index (κ2) is 4.74. The molecule has 1 aliphatic heterocycles. The molecule has 0 amide bonds. The minimum absolute atomic E-state index is 0.659. The molecule has 0 spiro atoms. The highest BCUT2D eigenvalue weighted by Gasteiger charge is 2.16. The van der Waals surface area contributed by atoms with Gasteiger partial charge >= 0.3 is 0 Å². The van der Waals surface area contributed by atoms with Crippen LogP contribution >= 0.6 is 0 Å². The van der Waals surface area contributed by atoms with Gasteiger partial charge in [0.1, 0.15) is 18.2 Å². The van der Waals surface area contributed by atoms with Crippen molar-refractivity contribution >= 4 is 0 Å².